The molecule has 2 rings (SSSR count). The number of halogens is 1. The van der Waals surface area contributed by atoms with Gasteiger partial charge >= 0.3 is 5.97 Å². The molecule has 19 heavy (non-hydrogen) atoms. The second-order valence-electron chi connectivity index (χ2n) is 3.67. The van der Waals surface area contributed by atoms with E-state index in [0.29, 0.717) is 0 Å². The summed E-state index contributed by atoms with van der Waals surface area (Å²) in [7, 11) is 0. The van der Waals surface area contributed by atoms with E-state index in [1.54, 1.807) is 0 Å². The van der Waals surface area contributed by atoms with Crippen molar-refractivity contribution in [1.29, 1.82) is 0 Å². The van der Waals surface area contributed by atoms with Crippen LogP contribution in [-0.4, -0.2) is 22.0 Å². The van der Waals surface area contributed by atoms with Gasteiger partial charge in [0.2, 0.25) is 0 Å². The number of nitrogens with zero attached hydrogens (tertiary/aromatic N) is 1. The molecule has 96 valence electrons. The summed E-state index contributed by atoms with van der Waals surface area (Å²) < 4.78 is 12.7. The molecule has 0 aliphatic heterocycles. The SMILES string of the molecule is O=C(Nc1ncccc1C(=O)O)c1ccc(F)cc1. The molecule has 1 heterocycles. The first kappa shape index (κ1) is 12.7. The van der Waals surface area contributed by atoms with Crippen molar-refractivity contribution in [3.63, 3.8) is 0 Å². The summed E-state index contributed by atoms with van der Waals surface area (Å²) in [6, 6.07) is 7.67. The molecule has 2 aromatic rings. The fourth-order valence-electron chi connectivity index (χ4n) is 1.46. The number of nitrogens with one attached hydrogen (secondary N) is 1. The smallest absolute Gasteiger partial charge is 0.339 e. The van der Waals surface area contributed by atoms with Crippen LogP contribution in [-0.2, 0) is 0 Å². The standard InChI is InChI=1S/C13H9FN2O3/c14-9-5-3-8(4-6-9)12(17)16-11-10(13(18)19)2-1-7-15-11/h1-7H,(H,18,19)(H,15,16,17). The molecule has 0 unspecified atom stereocenters. The van der Waals surface area contributed by atoms with Crippen molar-refractivity contribution in [2.75, 3.05) is 5.32 Å². The van der Waals surface area contributed by atoms with Gasteiger partial charge in [-0.3, -0.25) is 4.79 Å². The number of rotatable bonds is 3. The maximum absolute atomic E-state index is 12.7. The van der Waals surface area contributed by atoms with Gasteiger partial charge in [0.15, 0.2) is 0 Å². The second-order valence-corrected chi connectivity index (χ2v) is 3.67. The van der Waals surface area contributed by atoms with Gasteiger partial charge in [0, 0.05) is 11.8 Å². The number of carboxylic acid groups (broad SMARTS) is 1. The summed E-state index contributed by atoms with van der Waals surface area (Å²) >= 11 is 0. The van der Waals surface area contributed by atoms with Gasteiger partial charge in [-0.05, 0) is 36.4 Å². The maximum Gasteiger partial charge on any atom is 0.339 e. The first-order chi connectivity index (χ1) is 9.08. The third-order valence-electron chi connectivity index (χ3n) is 2.38. The molecule has 0 aliphatic carbocycles. The Kier molecular flexibility index (Phi) is 3.51. The van der Waals surface area contributed by atoms with Crippen LogP contribution in [0.3, 0.4) is 0 Å². The number of carboxylic acids is 1. The molecule has 0 atom stereocenters. The maximum atomic E-state index is 12.7. The van der Waals surface area contributed by atoms with Gasteiger partial charge in [-0.15, -0.1) is 0 Å². The van der Waals surface area contributed by atoms with Gasteiger partial charge in [0.1, 0.15) is 17.2 Å². The van der Waals surface area contributed by atoms with Gasteiger partial charge in [-0.1, -0.05) is 0 Å². The predicted molar refractivity (Wildman–Crippen MR) is 65.5 cm³/mol. The summed E-state index contributed by atoms with van der Waals surface area (Å²) in [5, 5.41) is 11.3. The van der Waals surface area contributed by atoms with E-state index >= 15 is 0 Å². The summed E-state index contributed by atoms with van der Waals surface area (Å²) in [6.45, 7) is 0. The summed E-state index contributed by atoms with van der Waals surface area (Å²) in [6.07, 6.45) is 1.37. The minimum atomic E-state index is -1.19. The number of hydrogen-bond donors (Lipinski definition) is 2. The van der Waals surface area contributed by atoms with Crippen LogP contribution in [0.4, 0.5) is 10.2 Å². The van der Waals surface area contributed by atoms with Crippen LogP contribution in [0, 0.1) is 5.82 Å². The van der Waals surface area contributed by atoms with E-state index in [-0.39, 0.29) is 16.9 Å². The molecule has 1 aromatic carbocycles. The van der Waals surface area contributed by atoms with Crippen molar-refractivity contribution >= 4 is 17.7 Å². The molecule has 0 saturated heterocycles. The normalized spacial score (nSPS) is 9.95. The Bertz CT molecular complexity index is 626. The number of hydrogen-bond acceptors (Lipinski definition) is 3. The Morgan fingerprint density at radius 1 is 1.16 bits per heavy atom. The largest absolute Gasteiger partial charge is 0.478 e. The molecule has 0 radical (unpaired) electrons. The van der Waals surface area contributed by atoms with Crippen LogP contribution < -0.4 is 5.32 Å². The molecular formula is C13H9FN2O3. The van der Waals surface area contributed by atoms with Crippen LogP contribution in [0.15, 0.2) is 42.6 Å². The molecule has 1 aromatic heterocycles. The number of pyridine rings is 1. The summed E-state index contributed by atoms with van der Waals surface area (Å²) in [5.74, 6) is -2.26. The highest BCUT2D eigenvalue weighted by Crippen LogP contribution is 2.13. The molecule has 5 nitrogen and oxygen atoms in total. The topological polar surface area (TPSA) is 79.3 Å². The molecule has 0 fully saturated rings. The van der Waals surface area contributed by atoms with E-state index in [2.05, 4.69) is 10.3 Å². The van der Waals surface area contributed by atoms with Crippen molar-refractivity contribution in [3.8, 4) is 0 Å². The molecule has 6 heteroatoms. The van der Waals surface area contributed by atoms with Gasteiger partial charge < -0.3 is 10.4 Å². The monoisotopic (exact) mass is 260 g/mol. The molecule has 0 spiro atoms. The third-order valence-corrected chi connectivity index (χ3v) is 2.38. The predicted octanol–water partition coefficient (Wildman–Crippen LogP) is 2.17. The molecular weight excluding hydrogens is 251 g/mol. The van der Waals surface area contributed by atoms with Crippen LogP contribution in [0.2, 0.25) is 0 Å². The van der Waals surface area contributed by atoms with Gasteiger partial charge in [-0.25, -0.2) is 14.2 Å². The van der Waals surface area contributed by atoms with Crippen molar-refractivity contribution in [2.24, 2.45) is 0 Å². The molecule has 2 N–H and O–H groups in total. The number of carbonyl (C=O) groups is 2. The number of amides is 1. The van der Waals surface area contributed by atoms with Crippen LogP contribution in [0.1, 0.15) is 20.7 Å². The Morgan fingerprint density at radius 3 is 2.47 bits per heavy atom. The number of anilines is 1. The average Bonchev–Trinajstić information content (AvgIpc) is 2.39. The fourth-order valence-corrected chi connectivity index (χ4v) is 1.46. The minimum absolute atomic E-state index is 0.0516. The zero-order valence-electron chi connectivity index (χ0n) is 9.63. The molecule has 0 bridgehead atoms. The van der Waals surface area contributed by atoms with E-state index in [1.807, 2.05) is 0 Å². The van der Waals surface area contributed by atoms with E-state index in [1.165, 1.54) is 30.5 Å². The number of aromatic nitrogens is 1. The van der Waals surface area contributed by atoms with Gasteiger partial charge in [-0.2, -0.15) is 0 Å². The Hall–Kier alpha value is -2.76. The molecule has 0 aliphatic rings. The van der Waals surface area contributed by atoms with E-state index in [0.717, 1.165) is 12.1 Å². The number of benzene rings is 1. The van der Waals surface area contributed by atoms with Gasteiger partial charge in [0.25, 0.3) is 5.91 Å². The van der Waals surface area contributed by atoms with E-state index < -0.39 is 17.7 Å². The van der Waals surface area contributed by atoms with Crippen molar-refractivity contribution < 1.29 is 19.1 Å². The first-order valence-electron chi connectivity index (χ1n) is 5.33. The number of carbonyl (C=O) groups excluding carboxylic acids is 1. The Labute approximate surface area is 107 Å². The lowest BCUT2D eigenvalue weighted by Crippen LogP contribution is -2.16. The number of aromatic carboxylic acids is 1. The van der Waals surface area contributed by atoms with Crippen molar-refractivity contribution in [2.45, 2.75) is 0 Å². The van der Waals surface area contributed by atoms with Gasteiger partial charge in [0.05, 0.1) is 0 Å². The molecule has 1 amide bonds. The Morgan fingerprint density at radius 2 is 1.84 bits per heavy atom. The van der Waals surface area contributed by atoms with E-state index in [4.69, 9.17) is 5.11 Å². The second kappa shape index (κ2) is 5.26. The van der Waals surface area contributed by atoms with Crippen LogP contribution >= 0.6 is 0 Å². The fraction of sp³-hybridized carbons (Fsp3) is 0. The first-order valence-corrected chi connectivity index (χ1v) is 5.33. The minimum Gasteiger partial charge on any atom is -0.478 e. The lowest BCUT2D eigenvalue weighted by molar-refractivity contribution is 0.0697. The van der Waals surface area contributed by atoms with E-state index in [9.17, 15) is 14.0 Å². The highest BCUT2D eigenvalue weighted by atomic mass is 19.1. The highest BCUT2D eigenvalue weighted by molar-refractivity contribution is 6.06. The summed E-state index contributed by atoms with van der Waals surface area (Å²) in [4.78, 5) is 26.6. The lowest BCUT2D eigenvalue weighted by Gasteiger charge is -2.06. The zero-order chi connectivity index (χ0) is 13.8. The van der Waals surface area contributed by atoms with Crippen LogP contribution in [0.25, 0.3) is 0 Å². The van der Waals surface area contributed by atoms with Crippen LogP contribution in [0.5, 0.6) is 0 Å². The quantitative estimate of drug-likeness (QED) is 0.886. The van der Waals surface area contributed by atoms with Crippen molar-refractivity contribution in [3.05, 3.63) is 59.5 Å². The molecule has 0 saturated carbocycles. The lowest BCUT2D eigenvalue weighted by atomic mass is 10.2. The highest BCUT2D eigenvalue weighted by Gasteiger charge is 2.14. The third kappa shape index (κ3) is 2.92. The van der Waals surface area contributed by atoms with Crippen molar-refractivity contribution in [1.82, 2.24) is 4.98 Å². The zero-order valence-corrected chi connectivity index (χ0v) is 9.63. The average molecular weight is 260 g/mol. The summed E-state index contributed by atoms with van der Waals surface area (Å²) in [5.41, 5.74) is 0.0985. The Balaban J connectivity index is 2.24.